The third-order valence-corrected chi connectivity index (χ3v) is 6.41. The van der Waals surface area contributed by atoms with Gasteiger partial charge in [0.1, 0.15) is 5.75 Å². The van der Waals surface area contributed by atoms with Gasteiger partial charge in [-0.2, -0.15) is 0 Å². The molecule has 0 atom stereocenters. The summed E-state index contributed by atoms with van der Waals surface area (Å²) in [7, 11) is 0. The van der Waals surface area contributed by atoms with Gasteiger partial charge in [0.15, 0.2) is 6.61 Å². The lowest BCUT2D eigenvalue weighted by Gasteiger charge is -2.17. The molecule has 4 aromatic rings. The molecule has 0 radical (unpaired) electrons. The van der Waals surface area contributed by atoms with Gasteiger partial charge in [0, 0.05) is 5.69 Å². The van der Waals surface area contributed by atoms with E-state index in [9.17, 15) is 9.59 Å². The van der Waals surface area contributed by atoms with Crippen LogP contribution in [0.15, 0.2) is 77.6 Å². The van der Waals surface area contributed by atoms with E-state index in [0.29, 0.717) is 24.5 Å². The number of hydrogen-bond donors (Lipinski definition) is 0. The van der Waals surface area contributed by atoms with Crippen molar-refractivity contribution in [3.8, 4) is 28.1 Å². The minimum atomic E-state index is -0.409. The Hall–Kier alpha value is -4.63. The van der Waals surface area contributed by atoms with Gasteiger partial charge in [0.05, 0.1) is 19.7 Å². The molecular formula is C32H30N2O4. The van der Waals surface area contributed by atoms with E-state index in [1.54, 1.807) is 24.5 Å². The van der Waals surface area contributed by atoms with Crippen LogP contribution in [0.1, 0.15) is 29.2 Å². The Kier molecular flexibility index (Phi) is 8.08. The molecule has 3 aromatic carbocycles. The lowest BCUT2D eigenvalue weighted by Crippen LogP contribution is -2.23. The number of benzene rings is 3. The number of carbonyl (C=O) groups excluding carboxylic acids is 1. The summed E-state index contributed by atoms with van der Waals surface area (Å²) >= 11 is 0. The second-order valence-corrected chi connectivity index (χ2v) is 9.19. The molecule has 0 aliphatic rings. The third kappa shape index (κ3) is 5.84. The average Bonchev–Trinajstić information content (AvgIpc) is 2.91. The highest BCUT2D eigenvalue weighted by molar-refractivity contribution is 5.72. The van der Waals surface area contributed by atoms with Crippen molar-refractivity contribution < 1.29 is 14.3 Å². The normalized spacial score (nSPS) is 10.6. The number of pyridine rings is 1. The molecule has 6 nitrogen and oxygen atoms in total. The number of aryl methyl sites for hydroxylation is 3. The van der Waals surface area contributed by atoms with Crippen LogP contribution in [0.3, 0.4) is 0 Å². The van der Waals surface area contributed by atoms with Crippen LogP contribution >= 0.6 is 0 Å². The Morgan fingerprint density at radius 3 is 2.32 bits per heavy atom. The molecule has 1 heterocycles. The molecule has 1 aromatic heterocycles. The maximum absolute atomic E-state index is 13.4. The Labute approximate surface area is 222 Å². The predicted octanol–water partition coefficient (Wildman–Crippen LogP) is 6.65. The van der Waals surface area contributed by atoms with Crippen LogP contribution in [0.25, 0.3) is 27.2 Å². The van der Waals surface area contributed by atoms with E-state index in [1.807, 2.05) is 74.5 Å². The van der Waals surface area contributed by atoms with Gasteiger partial charge in [-0.1, -0.05) is 60.2 Å². The second kappa shape index (κ2) is 11.6. The van der Waals surface area contributed by atoms with Crippen LogP contribution < -0.4 is 10.3 Å². The Bertz CT molecular complexity index is 1580. The van der Waals surface area contributed by atoms with Gasteiger partial charge in [0.2, 0.25) is 0 Å². The first-order valence-electron chi connectivity index (χ1n) is 12.5. The summed E-state index contributed by atoms with van der Waals surface area (Å²) in [5.74, 6) is 0.168. The summed E-state index contributed by atoms with van der Waals surface area (Å²) < 4.78 is 12.2. The molecule has 38 heavy (non-hydrogen) atoms. The van der Waals surface area contributed by atoms with Crippen molar-refractivity contribution in [1.29, 1.82) is 0 Å². The van der Waals surface area contributed by atoms with Crippen LogP contribution in [-0.4, -0.2) is 23.8 Å². The molecule has 0 saturated heterocycles. The van der Waals surface area contributed by atoms with Gasteiger partial charge < -0.3 is 14.0 Å². The zero-order chi connectivity index (χ0) is 27.2. The fourth-order valence-corrected chi connectivity index (χ4v) is 4.43. The van der Waals surface area contributed by atoms with Crippen molar-refractivity contribution in [3.63, 3.8) is 0 Å². The summed E-state index contributed by atoms with van der Waals surface area (Å²) in [6, 6.07) is 23.5. The Morgan fingerprint density at radius 1 is 0.895 bits per heavy atom. The summed E-state index contributed by atoms with van der Waals surface area (Å²) in [4.78, 5) is 28.5. The van der Waals surface area contributed by atoms with Crippen molar-refractivity contribution in [2.24, 2.45) is 0 Å². The standard InChI is InChI=1S/C32H30N2O4/c1-6-37-30(35)20-38-28-9-7-8-26(18-28)24-12-14-25(15-13-24)29-17-23(4)31(33-5)32(36)34(29)19-27-11-10-21(2)16-22(27)3/h7-18H,6,19-20H2,1-4H3. The van der Waals surface area contributed by atoms with E-state index in [-0.39, 0.29) is 17.9 Å². The molecule has 0 spiro atoms. The van der Waals surface area contributed by atoms with Crippen molar-refractivity contribution in [2.45, 2.75) is 34.2 Å². The van der Waals surface area contributed by atoms with Crippen LogP contribution in [-0.2, 0) is 16.1 Å². The summed E-state index contributed by atoms with van der Waals surface area (Å²) in [6.07, 6.45) is 0. The number of rotatable bonds is 8. The molecular weight excluding hydrogens is 476 g/mol. The first-order chi connectivity index (χ1) is 18.3. The number of aromatic nitrogens is 1. The van der Waals surface area contributed by atoms with Gasteiger partial charge in [-0.05, 0) is 79.3 Å². The Morgan fingerprint density at radius 2 is 1.63 bits per heavy atom. The quantitative estimate of drug-likeness (QED) is 0.198. The smallest absolute Gasteiger partial charge is 0.344 e. The highest BCUT2D eigenvalue weighted by atomic mass is 16.6. The van der Waals surface area contributed by atoms with Gasteiger partial charge in [-0.15, -0.1) is 0 Å². The fraction of sp³-hybridized carbons (Fsp3) is 0.219. The van der Waals surface area contributed by atoms with Crippen molar-refractivity contribution >= 4 is 11.7 Å². The lowest BCUT2D eigenvalue weighted by molar-refractivity contribution is -0.145. The number of carbonyl (C=O) groups is 1. The van der Waals surface area contributed by atoms with E-state index in [2.05, 4.69) is 10.9 Å². The highest BCUT2D eigenvalue weighted by Crippen LogP contribution is 2.29. The summed E-state index contributed by atoms with van der Waals surface area (Å²) in [5, 5.41) is 0. The van der Waals surface area contributed by atoms with Gasteiger partial charge in [-0.25, -0.2) is 9.64 Å². The molecule has 6 heteroatoms. The average molecular weight is 507 g/mol. The maximum atomic E-state index is 13.4. The van der Waals surface area contributed by atoms with Crippen LogP contribution in [0, 0.1) is 27.3 Å². The Balaban J connectivity index is 1.68. The number of nitrogens with zero attached hydrogens (tertiary/aromatic N) is 2. The lowest BCUT2D eigenvalue weighted by atomic mass is 10.0. The highest BCUT2D eigenvalue weighted by Gasteiger charge is 2.15. The van der Waals surface area contributed by atoms with E-state index >= 15 is 0 Å². The minimum absolute atomic E-state index is 0.145. The van der Waals surface area contributed by atoms with Crippen LogP contribution in [0.4, 0.5) is 5.69 Å². The molecule has 4 rings (SSSR count). The topological polar surface area (TPSA) is 61.9 Å². The SMILES string of the molecule is [C-]#[N+]c1c(C)cc(-c2ccc(-c3cccc(OCC(=O)OCC)c3)cc2)n(Cc2ccc(C)cc2C)c1=O. The summed E-state index contributed by atoms with van der Waals surface area (Å²) in [5.41, 5.74) is 7.37. The fourth-order valence-electron chi connectivity index (χ4n) is 4.43. The molecule has 0 aliphatic carbocycles. The molecule has 0 bridgehead atoms. The maximum Gasteiger partial charge on any atom is 0.344 e. The third-order valence-electron chi connectivity index (χ3n) is 6.41. The van der Waals surface area contributed by atoms with E-state index in [1.165, 1.54) is 0 Å². The second-order valence-electron chi connectivity index (χ2n) is 9.19. The van der Waals surface area contributed by atoms with Crippen molar-refractivity contribution in [1.82, 2.24) is 4.57 Å². The number of esters is 1. The number of hydrogen-bond acceptors (Lipinski definition) is 4. The number of ether oxygens (including phenoxy) is 2. The first kappa shape index (κ1) is 26.4. The molecule has 0 amide bonds. The van der Waals surface area contributed by atoms with Crippen molar-refractivity contribution in [2.75, 3.05) is 13.2 Å². The van der Waals surface area contributed by atoms with E-state index < -0.39 is 5.97 Å². The van der Waals surface area contributed by atoms with Crippen LogP contribution in [0.5, 0.6) is 5.75 Å². The monoisotopic (exact) mass is 506 g/mol. The van der Waals surface area contributed by atoms with Crippen molar-refractivity contribution in [3.05, 3.63) is 117 Å². The van der Waals surface area contributed by atoms with Crippen LogP contribution in [0.2, 0.25) is 0 Å². The molecule has 0 N–H and O–H groups in total. The van der Waals surface area contributed by atoms with E-state index in [0.717, 1.165) is 39.1 Å². The zero-order valence-electron chi connectivity index (χ0n) is 22.1. The predicted molar refractivity (Wildman–Crippen MR) is 150 cm³/mol. The molecule has 192 valence electrons. The largest absolute Gasteiger partial charge is 0.482 e. The minimum Gasteiger partial charge on any atom is -0.482 e. The van der Waals surface area contributed by atoms with E-state index in [4.69, 9.17) is 16.0 Å². The molecule has 0 fully saturated rings. The molecule has 0 aliphatic heterocycles. The first-order valence-corrected chi connectivity index (χ1v) is 12.5. The molecule has 0 unspecified atom stereocenters. The van der Waals surface area contributed by atoms with Gasteiger partial charge in [0.25, 0.3) is 11.2 Å². The molecule has 0 saturated carbocycles. The van der Waals surface area contributed by atoms with Gasteiger partial charge in [-0.3, -0.25) is 4.79 Å². The summed E-state index contributed by atoms with van der Waals surface area (Å²) in [6.45, 7) is 15.7. The van der Waals surface area contributed by atoms with Gasteiger partial charge >= 0.3 is 5.97 Å². The zero-order valence-corrected chi connectivity index (χ0v) is 22.1.